The Morgan fingerprint density at radius 1 is 1.12 bits per heavy atom. The van der Waals surface area contributed by atoms with Crippen molar-refractivity contribution in [3.05, 3.63) is 47.4 Å². The van der Waals surface area contributed by atoms with Crippen LogP contribution in [0, 0.1) is 13.8 Å². The van der Waals surface area contributed by atoms with Crippen molar-refractivity contribution in [3.8, 4) is 5.75 Å². The van der Waals surface area contributed by atoms with Crippen LogP contribution < -0.4 is 10.5 Å². The van der Waals surface area contributed by atoms with Gasteiger partial charge in [-0.25, -0.2) is 4.98 Å². The lowest BCUT2D eigenvalue weighted by Crippen LogP contribution is -2.02. The number of para-hydroxylation sites is 1. The van der Waals surface area contributed by atoms with Crippen LogP contribution in [-0.4, -0.2) is 9.97 Å². The first kappa shape index (κ1) is 11.4. The van der Waals surface area contributed by atoms with Gasteiger partial charge in [0.15, 0.2) is 0 Å². The molecule has 1 aromatic carbocycles. The lowest BCUT2D eigenvalue weighted by Gasteiger charge is -2.11. The number of benzene rings is 1. The van der Waals surface area contributed by atoms with Crippen LogP contribution in [-0.2, 0) is 6.61 Å². The molecule has 0 saturated carbocycles. The van der Waals surface area contributed by atoms with Gasteiger partial charge in [0.2, 0.25) is 0 Å². The van der Waals surface area contributed by atoms with Crippen LogP contribution in [0.15, 0.2) is 30.6 Å². The predicted octanol–water partition coefficient (Wildman–Crippen LogP) is 2.25. The smallest absolute Gasteiger partial charge is 0.141 e. The molecule has 2 rings (SSSR count). The fourth-order valence-electron chi connectivity index (χ4n) is 1.61. The van der Waals surface area contributed by atoms with Gasteiger partial charge in [-0.3, -0.25) is 4.98 Å². The van der Waals surface area contributed by atoms with Crippen molar-refractivity contribution >= 4 is 5.82 Å². The number of nitrogens with zero attached hydrogens (tertiary/aromatic N) is 2. The third-order valence-electron chi connectivity index (χ3n) is 2.50. The number of hydrogen-bond donors (Lipinski definition) is 1. The summed E-state index contributed by atoms with van der Waals surface area (Å²) in [6.07, 6.45) is 3.16. The molecule has 0 spiro atoms. The molecule has 0 bridgehead atoms. The van der Waals surface area contributed by atoms with Crippen LogP contribution in [0.2, 0.25) is 0 Å². The van der Waals surface area contributed by atoms with Gasteiger partial charge in [-0.05, 0) is 25.0 Å². The number of nitrogens with two attached hydrogens (primary N) is 1. The summed E-state index contributed by atoms with van der Waals surface area (Å²) in [6, 6.07) is 6.06. The maximum absolute atomic E-state index is 5.75. The van der Waals surface area contributed by atoms with Gasteiger partial charge in [-0.15, -0.1) is 0 Å². The predicted molar refractivity (Wildman–Crippen MR) is 66.7 cm³/mol. The van der Waals surface area contributed by atoms with Crippen molar-refractivity contribution in [1.82, 2.24) is 9.97 Å². The molecule has 0 amide bonds. The van der Waals surface area contributed by atoms with E-state index in [0.717, 1.165) is 22.6 Å². The van der Waals surface area contributed by atoms with Crippen molar-refractivity contribution in [2.24, 2.45) is 0 Å². The SMILES string of the molecule is Cc1cccc(C)c1OCc1cnc(N)cn1. The summed E-state index contributed by atoms with van der Waals surface area (Å²) in [4.78, 5) is 8.11. The maximum Gasteiger partial charge on any atom is 0.141 e. The van der Waals surface area contributed by atoms with Gasteiger partial charge < -0.3 is 10.5 Å². The third kappa shape index (κ3) is 2.72. The summed E-state index contributed by atoms with van der Waals surface area (Å²) in [7, 11) is 0. The van der Waals surface area contributed by atoms with Crippen LogP contribution in [0.3, 0.4) is 0 Å². The van der Waals surface area contributed by atoms with Crippen molar-refractivity contribution in [2.45, 2.75) is 20.5 Å². The zero-order valence-electron chi connectivity index (χ0n) is 9.97. The molecular formula is C13H15N3O. The van der Waals surface area contributed by atoms with E-state index in [1.54, 1.807) is 6.20 Å². The molecule has 0 aliphatic carbocycles. The average molecular weight is 229 g/mol. The average Bonchev–Trinajstić information content (AvgIpc) is 2.31. The highest BCUT2D eigenvalue weighted by atomic mass is 16.5. The zero-order chi connectivity index (χ0) is 12.3. The molecule has 0 aliphatic heterocycles. The molecule has 0 aliphatic rings. The van der Waals surface area contributed by atoms with E-state index in [0.29, 0.717) is 12.4 Å². The summed E-state index contributed by atoms with van der Waals surface area (Å²) in [5, 5.41) is 0. The Kier molecular flexibility index (Phi) is 3.23. The molecule has 1 aromatic heterocycles. The molecule has 0 saturated heterocycles. The van der Waals surface area contributed by atoms with E-state index < -0.39 is 0 Å². The molecule has 17 heavy (non-hydrogen) atoms. The van der Waals surface area contributed by atoms with Gasteiger partial charge in [0, 0.05) is 0 Å². The van der Waals surface area contributed by atoms with E-state index in [2.05, 4.69) is 9.97 Å². The van der Waals surface area contributed by atoms with Crippen molar-refractivity contribution in [3.63, 3.8) is 0 Å². The van der Waals surface area contributed by atoms with Crippen molar-refractivity contribution in [1.29, 1.82) is 0 Å². The summed E-state index contributed by atoms with van der Waals surface area (Å²) < 4.78 is 5.75. The molecule has 2 N–H and O–H groups in total. The fraction of sp³-hybridized carbons (Fsp3) is 0.231. The summed E-state index contributed by atoms with van der Waals surface area (Å²) in [6.45, 7) is 4.45. The number of hydrogen-bond acceptors (Lipinski definition) is 4. The van der Waals surface area contributed by atoms with E-state index in [4.69, 9.17) is 10.5 Å². The lowest BCUT2D eigenvalue weighted by atomic mass is 10.1. The quantitative estimate of drug-likeness (QED) is 0.876. The standard InChI is InChI=1S/C13H15N3O/c1-9-4-3-5-10(2)13(9)17-8-11-6-16-12(14)7-15-11/h3-7H,8H2,1-2H3,(H2,14,16). The molecule has 88 valence electrons. The first-order valence-corrected chi connectivity index (χ1v) is 5.42. The minimum atomic E-state index is 0.402. The van der Waals surface area contributed by atoms with Crippen LogP contribution in [0.25, 0.3) is 0 Å². The minimum Gasteiger partial charge on any atom is -0.487 e. The van der Waals surface area contributed by atoms with Gasteiger partial charge in [0.25, 0.3) is 0 Å². The van der Waals surface area contributed by atoms with Crippen LogP contribution in [0.4, 0.5) is 5.82 Å². The van der Waals surface area contributed by atoms with Crippen molar-refractivity contribution < 1.29 is 4.74 Å². The highest BCUT2D eigenvalue weighted by Gasteiger charge is 2.04. The van der Waals surface area contributed by atoms with Crippen molar-refractivity contribution in [2.75, 3.05) is 5.73 Å². The van der Waals surface area contributed by atoms with Crippen LogP contribution in [0.5, 0.6) is 5.75 Å². The second-order valence-corrected chi connectivity index (χ2v) is 3.94. The molecule has 2 aromatic rings. The minimum absolute atomic E-state index is 0.402. The first-order valence-electron chi connectivity index (χ1n) is 5.42. The number of rotatable bonds is 3. The Balaban J connectivity index is 2.10. The molecule has 4 nitrogen and oxygen atoms in total. The van der Waals surface area contributed by atoms with E-state index in [1.807, 2.05) is 32.0 Å². The molecule has 0 unspecified atom stereocenters. The number of aryl methyl sites for hydroxylation is 2. The van der Waals surface area contributed by atoms with E-state index >= 15 is 0 Å². The molecule has 4 heteroatoms. The topological polar surface area (TPSA) is 61.0 Å². The number of ether oxygens (including phenoxy) is 1. The first-order chi connectivity index (χ1) is 8.16. The van der Waals surface area contributed by atoms with Crippen LogP contribution >= 0.6 is 0 Å². The van der Waals surface area contributed by atoms with Gasteiger partial charge in [0.05, 0.1) is 18.1 Å². The summed E-state index contributed by atoms with van der Waals surface area (Å²) in [5.41, 5.74) is 8.47. The summed E-state index contributed by atoms with van der Waals surface area (Å²) in [5.74, 6) is 1.33. The van der Waals surface area contributed by atoms with Gasteiger partial charge in [0.1, 0.15) is 18.2 Å². The van der Waals surface area contributed by atoms with Gasteiger partial charge >= 0.3 is 0 Å². The molecule has 0 atom stereocenters. The zero-order valence-corrected chi connectivity index (χ0v) is 9.97. The van der Waals surface area contributed by atoms with E-state index in [9.17, 15) is 0 Å². The highest BCUT2D eigenvalue weighted by molar-refractivity contribution is 5.39. The van der Waals surface area contributed by atoms with Crippen LogP contribution in [0.1, 0.15) is 16.8 Å². The fourth-order valence-corrected chi connectivity index (χ4v) is 1.61. The molecule has 0 radical (unpaired) electrons. The second-order valence-electron chi connectivity index (χ2n) is 3.94. The maximum atomic E-state index is 5.75. The Morgan fingerprint density at radius 3 is 2.41 bits per heavy atom. The number of nitrogen functional groups attached to an aromatic ring is 1. The van der Waals surface area contributed by atoms with Gasteiger partial charge in [-0.1, -0.05) is 18.2 Å². The Bertz CT molecular complexity index is 488. The Hall–Kier alpha value is -2.10. The molecular weight excluding hydrogens is 214 g/mol. The highest BCUT2D eigenvalue weighted by Crippen LogP contribution is 2.23. The van der Waals surface area contributed by atoms with Gasteiger partial charge in [-0.2, -0.15) is 0 Å². The van der Waals surface area contributed by atoms with E-state index in [1.165, 1.54) is 6.20 Å². The largest absolute Gasteiger partial charge is 0.487 e. The second kappa shape index (κ2) is 4.82. The number of anilines is 1. The lowest BCUT2D eigenvalue weighted by molar-refractivity contribution is 0.296. The normalized spacial score (nSPS) is 10.2. The monoisotopic (exact) mass is 229 g/mol. The number of aromatic nitrogens is 2. The summed E-state index contributed by atoms with van der Waals surface area (Å²) >= 11 is 0. The Labute approximate surface area is 100 Å². The van der Waals surface area contributed by atoms with E-state index in [-0.39, 0.29) is 0 Å². The Morgan fingerprint density at radius 2 is 1.82 bits per heavy atom. The third-order valence-corrected chi connectivity index (χ3v) is 2.50. The molecule has 1 heterocycles. The molecule has 0 fully saturated rings.